The molecule has 4 rings (SSSR count). The second-order valence-electron chi connectivity index (χ2n) is 15.1. The molecule has 0 N–H and O–H groups in total. The third kappa shape index (κ3) is 7.74. The number of benzene rings is 2. The molecule has 278 valence electrons. The van der Waals surface area contributed by atoms with Gasteiger partial charge in [-0.25, -0.2) is 9.59 Å². The molecule has 2 atom stereocenters. The van der Waals surface area contributed by atoms with Crippen molar-refractivity contribution in [2.24, 2.45) is 0 Å². The van der Waals surface area contributed by atoms with Gasteiger partial charge in [0.2, 0.25) is 14.1 Å². The molecule has 0 aromatic heterocycles. The highest BCUT2D eigenvalue weighted by Crippen LogP contribution is 2.55. The van der Waals surface area contributed by atoms with Crippen molar-refractivity contribution >= 4 is 26.2 Å². The molecule has 1 heterocycles. The third-order valence-corrected chi connectivity index (χ3v) is 16.1. The lowest BCUT2D eigenvalue weighted by molar-refractivity contribution is -0.114. The lowest BCUT2D eigenvalue weighted by atomic mass is 9.71. The van der Waals surface area contributed by atoms with Crippen LogP contribution in [0.1, 0.15) is 96.3 Å². The molecule has 0 unspecified atom stereocenters. The van der Waals surface area contributed by atoms with Crippen LogP contribution in [0.5, 0.6) is 11.5 Å². The summed E-state index contributed by atoms with van der Waals surface area (Å²) in [4.78, 5) is 42.7. The first-order valence-electron chi connectivity index (χ1n) is 17.7. The van der Waals surface area contributed by atoms with Crippen LogP contribution in [0, 0.1) is 0 Å². The molecule has 0 saturated carbocycles. The van der Waals surface area contributed by atoms with Gasteiger partial charge in [0.1, 0.15) is 11.1 Å². The van der Waals surface area contributed by atoms with Gasteiger partial charge in [-0.2, -0.15) is 0 Å². The molecule has 0 saturated heterocycles. The quantitative estimate of drug-likeness (QED) is 0.157. The summed E-state index contributed by atoms with van der Waals surface area (Å²) in [6.07, 6.45) is 2.09. The van der Waals surface area contributed by atoms with Crippen molar-refractivity contribution in [3.05, 3.63) is 82.6 Å². The summed E-state index contributed by atoms with van der Waals surface area (Å²) in [6, 6.07) is 12.5. The predicted octanol–water partition coefficient (Wildman–Crippen LogP) is 8.67. The molecule has 11 heteroatoms. The minimum absolute atomic E-state index is 0.0560. The van der Waals surface area contributed by atoms with Crippen molar-refractivity contribution in [1.29, 1.82) is 0 Å². The van der Waals surface area contributed by atoms with E-state index in [-0.39, 0.29) is 47.7 Å². The van der Waals surface area contributed by atoms with E-state index >= 15 is 0 Å². The molecule has 2 aliphatic rings. The van der Waals surface area contributed by atoms with E-state index in [0.717, 1.165) is 5.56 Å². The summed E-state index contributed by atoms with van der Waals surface area (Å²) in [5, 5.41) is 0. The maximum absolute atomic E-state index is 14.6. The fraction of sp³-hybridized carbons (Fsp3) is 0.525. The van der Waals surface area contributed by atoms with Gasteiger partial charge < -0.3 is 28.1 Å². The highest BCUT2D eigenvalue weighted by atomic mass is 28.4. The first-order valence-corrected chi connectivity index (χ1v) is 19.8. The van der Waals surface area contributed by atoms with Gasteiger partial charge in [-0.1, -0.05) is 59.7 Å². The van der Waals surface area contributed by atoms with Crippen LogP contribution in [-0.4, -0.2) is 71.1 Å². The number of rotatable bonds is 12. The number of carbonyl (C=O) groups excluding carboxylic acids is 3. The average Bonchev–Trinajstić information content (AvgIpc) is 3.07. The summed E-state index contributed by atoms with van der Waals surface area (Å²) in [6.45, 7) is 18.8. The fourth-order valence-electron chi connectivity index (χ4n) is 7.86. The number of carbonyl (C=O) groups is 3. The van der Waals surface area contributed by atoms with Crippen LogP contribution >= 0.6 is 0 Å². The first kappa shape index (κ1) is 39.7. The predicted molar refractivity (Wildman–Crippen MR) is 199 cm³/mol. The van der Waals surface area contributed by atoms with Crippen molar-refractivity contribution in [1.82, 2.24) is 4.90 Å². The lowest BCUT2D eigenvalue weighted by Gasteiger charge is -2.53. The summed E-state index contributed by atoms with van der Waals surface area (Å²) in [5.74, 6) is 0.124. The van der Waals surface area contributed by atoms with Gasteiger partial charge in [-0.15, -0.1) is 0 Å². The standard InChI is InChI=1S/C40H55NO9Si/c1-25(2)51(26(3)4,27(5)6)50-36-24-41(38(44)49-39(7,8)9)40(31-22-34(46-11)33(45-10)21-30(31)36)23-35(47-12)32(42)20-29(40)18-19-48-37(43)28-16-14-13-15-17-28/h13-17,20-23,25-27,36H,18-19,24H2,1-12H3/t36-,40-/m1/s1. The molecule has 0 fully saturated rings. The molecular formula is C40H55NO9Si. The van der Waals surface area contributed by atoms with Gasteiger partial charge in [-0.05, 0) is 90.5 Å². The Morgan fingerprint density at radius 3 is 2.02 bits per heavy atom. The molecule has 51 heavy (non-hydrogen) atoms. The normalized spacial score (nSPS) is 19.2. The molecule has 2 aromatic rings. The number of hydrogen-bond acceptors (Lipinski definition) is 9. The number of allylic oxidation sites excluding steroid dienone is 1. The number of esters is 1. The number of hydrogen-bond donors (Lipinski definition) is 0. The Balaban J connectivity index is 2.01. The Hall–Kier alpha value is -4.09. The maximum Gasteiger partial charge on any atom is 0.411 e. The Bertz CT molecular complexity index is 1640. The molecule has 1 amide bonds. The number of ether oxygens (including phenoxy) is 5. The van der Waals surface area contributed by atoms with Crippen LogP contribution < -0.4 is 9.47 Å². The van der Waals surface area contributed by atoms with Crippen molar-refractivity contribution in [2.45, 2.75) is 103 Å². The average molecular weight is 722 g/mol. The minimum atomic E-state index is -2.54. The Labute approximate surface area is 304 Å². The van der Waals surface area contributed by atoms with Crippen molar-refractivity contribution in [3.8, 4) is 11.5 Å². The molecular weight excluding hydrogens is 667 g/mol. The van der Waals surface area contributed by atoms with E-state index in [9.17, 15) is 14.4 Å². The van der Waals surface area contributed by atoms with Crippen LogP contribution in [-0.2, 0) is 29.0 Å². The second kappa shape index (κ2) is 15.7. The number of amides is 1. The SMILES string of the molecule is COC1=C[C@@]2(C(CCOC(=O)c3ccccc3)=CC1=O)c1cc(OC)c(OC)cc1[C@H](O[Si](C(C)C)(C(C)C)C(C)C)CN2C(=O)OC(C)(C)C. The van der Waals surface area contributed by atoms with Crippen LogP contribution in [0.15, 0.2) is 65.9 Å². The molecule has 1 aliphatic heterocycles. The van der Waals surface area contributed by atoms with E-state index in [2.05, 4.69) is 41.5 Å². The van der Waals surface area contributed by atoms with Gasteiger partial charge in [0.15, 0.2) is 17.3 Å². The van der Waals surface area contributed by atoms with E-state index in [1.165, 1.54) is 13.2 Å². The molecule has 1 spiro atoms. The largest absolute Gasteiger partial charge is 0.493 e. The van der Waals surface area contributed by atoms with Gasteiger partial charge in [-0.3, -0.25) is 9.69 Å². The molecule has 10 nitrogen and oxygen atoms in total. The Morgan fingerprint density at radius 1 is 0.902 bits per heavy atom. The zero-order valence-electron chi connectivity index (χ0n) is 32.2. The highest BCUT2D eigenvalue weighted by molar-refractivity contribution is 6.77. The smallest absolute Gasteiger partial charge is 0.411 e. The van der Waals surface area contributed by atoms with Crippen molar-refractivity contribution < 1.29 is 42.5 Å². The van der Waals surface area contributed by atoms with E-state index in [1.807, 2.05) is 39.0 Å². The van der Waals surface area contributed by atoms with E-state index < -0.39 is 37.6 Å². The second-order valence-corrected chi connectivity index (χ2v) is 20.5. The summed E-state index contributed by atoms with van der Waals surface area (Å²) >= 11 is 0. The topological polar surface area (TPSA) is 110 Å². The molecule has 0 radical (unpaired) electrons. The van der Waals surface area contributed by atoms with Crippen LogP contribution in [0.25, 0.3) is 0 Å². The molecule has 1 aliphatic carbocycles. The number of methoxy groups -OCH3 is 3. The van der Waals surface area contributed by atoms with Crippen molar-refractivity contribution in [3.63, 3.8) is 0 Å². The summed E-state index contributed by atoms with van der Waals surface area (Å²) in [7, 11) is 2.02. The zero-order valence-corrected chi connectivity index (χ0v) is 33.2. The van der Waals surface area contributed by atoms with Crippen LogP contribution in [0.4, 0.5) is 4.79 Å². The fourth-order valence-corrected chi connectivity index (χ4v) is 13.4. The first-order chi connectivity index (χ1) is 24.0. The number of nitrogens with zero attached hydrogens (tertiary/aromatic N) is 1. The maximum atomic E-state index is 14.6. The van der Waals surface area contributed by atoms with Gasteiger partial charge in [0.25, 0.3) is 0 Å². The van der Waals surface area contributed by atoms with Crippen LogP contribution in [0.3, 0.4) is 0 Å². The van der Waals surface area contributed by atoms with Crippen molar-refractivity contribution in [2.75, 3.05) is 34.5 Å². The lowest BCUT2D eigenvalue weighted by Crippen LogP contribution is -2.59. The van der Waals surface area contributed by atoms with E-state index in [1.54, 1.807) is 49.5 Å². The minimum Gasteiger partial charge on any atom is -0.493 e. The Kier molecular flexibility index (Phi) is 12.2. The number of ketones is 1. The summed E-state index contributed by atoms with van der Waals surface area (Å²) in [5.41, 5.74) is 0.887. The Morgan fingerprint density at radius 2 is 1.49 bits per heavy atom. The zero-order chi connectivity index (χ0) is 37.9. The monoisotopic (exact) mass is 721 g/mol. The van der Waals surface area contributed by atoms with Gasteiger partial charge >= 0.3 is 12.1 Å². The van der Waals surface area contributed by atoms with Gasteiger partial charge in [0.05, 0.1) is 46.1 Å². The van der Waals surface area contributed by atoms with E-state index in [4.69, 9.17) is 28.1 Å². The third-order valence-electron chi connectivity index (χ3n) is 9.97. The molecule has 0 bridgehead atoms. The highest BCUT2D eigenvalue weighted by Gasteiger charge is 2.56. The van der Waals surface area contributed by atoms with E-state index in [0.29, 0.717) is 28.2 Å². The molecule has 2 aromatic carbocycles. The van der Waals surface area contributed by atoms with Crippen LogP contribution in [0.2, 0.25) is 16.6 Å². The van der Waals surface area contributed by atoms with Gasteiger partial charge in [0, 0.05) is 6.42 Å². The number of fused-ring (bicyclic) bond motifs is 2. The summed E-state index contributed by atoms with van der Waals surface area (Å²) < 4.78 is 36.6.